The summed E-state index contributed by atoms with van der Waals surface area (Å²) in [5.74, 6) is 0.412. The van der Waals surface area contributed by atoms with Gasteiger partial charge in [-0.25, -0.2) is 23.4 Å². The molecule has 192 valence electrons. The average Bonchev–Trinajstić information content (AvgIpc) is 3.48. The molecule has 0 fully saturated rings. The number of nitrogens with zero attached hydrogens (tertiary/aromatic N) is 7. The summed E-state index contributed by atoms with van der Waals surface area (Å²) < 4.78 is 31.2. The van der Waals surface area contributed by atoms with E-state index in [4.69, 9.17) is 11.6 Å². The van der Waals surface area contributed by atoms with Crippen molar-refractivity contribution in [2.24, 2.45) is 7.05 Å². The first-order valence-electron chi connectivity index (χ1n) is 11.8. The lowest BCUT2D eigenvalue weighted by Crippen LogP contribution is -2.26. The van der Waals surface area contributed by atoms with Crippen LogP contribution in [-0.2, 0) is 20.1 Å². The van der Waals surface area contributed by atoms with Crippen LogP contribution in [0.25, 0.3) is 33.3 Å². The van der Waals surface area contributed by atoms with E-state index in [1.54, 1.807) is 47.1 Å². The molecule has 5 rings (SSSR count). The number of hydrogen-bond acceptors (Lipinski definition) is 6. The van der Waals surface area contributed by atoms with Gasteiger partial charge in [0.25, 0.3) is 12.0 Å². The molecule has 4 heterocycles. The maximum atomic E-state index is 13.5. The second-order valence-corrected chi connectivity index (χ2v) is 9.31. The maximum absolute atomic E-state index is 13.5. The van der Waals surface area contributed by atoms with Crippen molar-refractivity contribution >= 4 is 39.1 Å². The molecular formula is C25H25ClF2N8O. The largest absolute Gasteiger partial charge is 0.377 e. The summed E-state index contributed by atoms with van der Waals surface area (Å²) in [6.45, 7) is 5.42. The summed E-state index contributed by atoms with van der Waals surface area (Å²) in [5, 5.41) is 14.2. The van der Waals surface area contributed by atoms with Crippen LogP contribution in [0.15, 0.2) is 41.6 Å². The summed E-state index contributed by atoms with van der Waals surface area (Å²) in [5.41, 5.74) is 2.71. The van der Waals surface area contributed by atoms with Crippen LogP contribution in [-0.4, -0.2) is 40.5 Å². The van der Waals surface area contributed by atoms with Gasteiger partial charge in [0, 0.05) is 35.8 Å². The summed E-state index contributed by atoms with van der Waals surface area (Å²) in [4.78, 5) is 22.3. The van der Waals surface area contributed by atoms with E-state index >= 15 is 0 Å². The van der Waals surface area contributed by atoms with Gasteiger partial charge in [0.1, 0.15) is 22.8 Å². The predicted octanol–water partition coefficient (Wildman–Crippen LogP) is 4.96. The van der Waals surface area contributed by atoms with E-state index in [0.717, 1.165) is 15.7 Å². The topological polar surface area (TPSA) is 95.5 Å². The van der Waals surface area contributed by atoms with Gasteiger partial charge < -0.3 is 5.32 Å². The van der Waals surface area contributed by atoms with Gasteiger partial charge in [-0.1, -0.05) is 17.7 Å². The molecule has 0 aliphatic rings. The Morgan fingerprint density at radius 2 is 1.97 bits per heavy atom. The SMILES string of the molecule is CCn1ncc2c3c(C(C)Nc4ccc(Cl)nc4-c4ncn(C)n4)cc(C)cc3c(=O)n(CC(F)F)c21. The number of aryl methyl sites for hydroxylation is 3. The molecule has 1 atom stereocenters. The fourth-order valence-corrected chi connectivity index (χ4v) is 4.87. The first-order chi connectivity index (χ1) is 17.7. The Morgan fingerprint density at radius 1 is 1.19 bits per heavy atom. The van der Waals surface area contributed by atoms with Crippen LogP contribution in [0.4, 0.5) is 14.5 Å². The Labute approximate surface area is 215 Å². The number of alkyl halides is 2. The number of nitrogens with one attached hydrogen (secondary N) is 1. The van der Waals surface area contributed by atoms with E-state index in [0.29, 0.717) is 50.7 Å². The highest BCUT2D eigenvalue weighted by Gasteiger charge is 2.23. The van der Waals surface area contributed by atoms with Crippen molar-refractivity contribution in [3.05, 3.63) is 63.4 Å². The molecule has 37 heavy (non-hydrogen) atoms. The molecule has 0 amide bonds. The molecule has 9 nitrogen and oxygen atoms in total. The van der Waals surface area contributed by atoms with Crippen LogP contribution in [0.2, 0.25) is 5.15 Å². The molecule has 1 N–H and O–H groups in total. The zero-order chi connectivity index (χ0) is 26.4. The Balaban J connectivity index is 1.71. The number of halogens is 3. The smallest absolute Gasteiger partial charge is 0.260 e. The average molecular weight is 527 g/mol. The lowest BCUT2D eigenvalue weighted by molar-refractivity contribution is 0.126. The minimum absolute atomic E-state index is 0.301. The molecule has 12 heteroatoms. The first-order valence-corrected chi connectivity index (χ1v) is 12.2. The number of fused-ring (bicyclic) bond motifs is 3. The van der Waals surface area contributed by atoms with Gasteiger partial charge in [-0.05, 0) is 50.1 Å². The third-order valence-electron chi connectivity index (χ3n) is 6.26. The summed E-state index contributed by atoms with van der Waals surface area (Å²) in [6.07, 6.45) is 0.534. The van der Waals surface area contributed by atoms with Crippen molar-refractivity contribution in [2.45, 2.75) is 46.3 Å². The van der Waals surface area contributed by atoms with Crippen molar-refractivity contribution in [2.75, 3.05) is 5.32 Å². The van der Waals surface area contributed by atoms with Gasteiger partial charge in [-0.3, -0.25) is 14.0 Å². The quantitative estimate of drug-likeness (QED) is 0.301. The van der Waals surface area contributed by atoms with E-state index in [2.05, 4.69) is 25.5 Å². The molecular weight excluding hydrogens is 502 g/mol. The van der Waals surface area contributed by atoms with Crippen molar-refractivity contribution in [3.63, 3.8) is 0 Å². The normalized spacial score (nSPS) is 12.6. The third-order valence-corrected chi connectivity index (χ3v) is 6.47. The number of benzene rings is 1. The molecule has 0 saturated heterocycles. The van der Waals surface area contributed by atoms with Gasteiger partial charge in [-0.2, -0.15) is 5.10 Å². The van der Waals surface area contributed by atoms with Crippen molar-refractivity contribution < 1.29 is 8.78 Å². The highest BCUT2D eigenvalue weighted by Crippen LogP contribution is 2.34. The first kappa shape index (κ1) is 24.8. The van der Waals surface area contributed by atoms with E-state index < -0.39 is 18.5 Å². The third kappa shape index (κ3) is 4.43. The minimum atomic E-state index is -2.68. The molecule has 4 aromatic heterocycles. The number of pyridine rings is 2. The van der Waals surface area contributed by atoms with Crippen LogP contribution in [0, 0.1) is 6.92 Å². The minimum Gasteiger partial charge on any atom is -0.377 e. The summed E-state index contributed by atoms with van der Waals surface area (Å²) in [7, 11) is 1.76. The molecule has 1 unspecified atom stereocenters. The molecule has 0 saturated carbocycles. The number of hydrogen-bond donors (Lipinski definition) is 1. The van der Waals surface area contributed by atoms with Gasteiger partial charge >= 0.3 is 0 Å². The molecule has 0 spiro atoms. The van der Waals surface area contributed by atoms with E-state index in [-0.39, 0.29) is 6.04 Å². The summed E-state index contributed by atoms with van der Waals surface area (Å²) in [6, 6.07) is 6.89. The van der Waals surface area contributed by atoms with Crippen LogP contribution in [0.1, 0.15) is 31.0 Å². The molecule has 0 aliphatic carbocycles. The Bertz CT molecular complexity index is 1690. The highest BCUT2D eigenvalue weighted by molar-refractivity contribution is 6.29. The standard InChI is InChI=1S/C25H25ClF2N8O/c1-5-36-24-17(10-30-36)21-15(8-13(2)9-16(21)25(37)35(24)11-20(27)28)14(3)31-18-6-7-19(26)32-22(18)23-29-12-34(4)33-23/h6-10,12,14,20,31H,5,11H2,1-4H3. The Kier molecular flexibility index (Phi) is 6.40. The second-order valence-electron chi connectivity index (χ2n) is 8.92. The van der Waals surface area contributed by atoms with Crippen LogP contribution >= 0.6 is 11.6 Å². The summed E-state index contributed by atoms with van der Waals surface area (Å²) >= 11 is 6.17. The van der Waals surface area contributed by atoms with E-state index in [9.17, 15) is 13.6 Å². The van der Waals surface area contributed by atoms with E-state index in [1.165, 1.54) is 0 Å². The van der Waals surface area contributed by atoms with Gasteiger partial charge in [0.05, 0.1) is 18.4 Å². The van der Waals surface area contributed by atoms with Crippen LogP contribution < -0.4 is 10.9 Å². The van der Waals surface area contributed by atoms with E-state index in [1.807, 2.05) is 26.8 Å². The fraction of sp³-hybridized carbons (Fsp3) is 0.320. The lowest BCUT2D eigenvalue weighted by Gasteiger charge is -2.21. The van der Waals surface area contributed by atoms with Crippen LogP contribution in [0.5, 0.6) is 0 Å². The predicted molar refractivity (Wildman–Crippen MR) is 139 cm³/mol. The molecule has 0 bridgehead atoms. The highest BCUT2D eigenvalue weighted by atomic mass is 35.5. The molecule has 0 aliphatic heterocycles. The number of anilines is 1. The number of rotatable bonds is 7. The Morgan fingerprint density at radius 3 is 2.65 bits per heavy atom. The molecule has 1 aromatic carbocycles. The van der Waals surface area contributed by atoms with Crippen LogP contribution in [0.3, 0.4) is 0 Å². The fourth-order valence-electron chi connectivity index (χ4n) is 4.73. The van der Waals surface area contributed by atoms with Gasteiger partial charge in [0.15, 0.2) is 0 Å². The lowest BCUT2D eigenvalue weighted by atomic mass is 9.95. The zero-order valence-corrected chi connectivity index (χ0v) is 21.5. The van der Waals surface area contributed by atoms with Crippen molar-refractivity contribution in [1.29, 1.82) is 0 Å². The molecule has 0 radical (unpaired) electrons. The van der Waals surface area contributed by atoms with Gasteiger partial charge in [-0.15, -0.1) is 5.10 Å². The monoisotopic (exact) mass is 526 g/mol. The van der Waals surface area contributed by atoms with Gasteiger partial charge in [0.2, 0.25) is 5.82 Å². The Hall–Kier alpha value is -3.86. The molecule has 5 aromatic rings. The number of aromatic nitrogens is 7. The van der Waals surface area contributed by atoms with Crippen molar-refractivity contribution in [3.8, 4) is 11.5 Å². The zero-order valence-electron chi connectivity index (χ0n) is 20.7. The second kappa shape index (κ2) is 9.55. The maximum Gasteiger partial charge on any atom is 0.260 e. The van der Waals surface area contributed by atoms with Crippen molar-refractivity contribution in [1.82, 2.24) is 34.1 Å².